The lowest BCUT2D eigenvalue weighted by atomic mass is 10.1. The first kappa shape index (κ1) is 20.2. The largest absolute Gasteiger partial charge is 0.346 e. The summed E-state index contributed by atoms with van der Waals surface area (Å²) < 4.78 is 26.7. The van der Waals surface area contributed by atoms with Gasteiger partial charge in [0, 0.05) is 24.2 Å². The van der Waals surface area contributed by atoms with E-state index in [1.807, 2.05) is 36.4 Å². The standard InChI is InChI=1S/C22H22N4O3S/c27-22(18-8-10-20(11-9-18)30(28,29)26-12-4-5-13-26)23-15-19-14-21(25-16-24-19)17-6-2-1-3-7-17/h1-3,6-11,14,16H,4-5,12-13,15H2,(H,23,27). The van der Waals surface area contributed by atoms with Crippen LogP contribution in [0.3, 0.4) is 0 Å². The van der Waals surface area contributed by atoms with E-state index in [1.165, 1.54) is 34.9 Å². The molecule has 7 nitrogen and oxygen atoms in total. The smallest absolute Gasteiger partial charge is 0.251 e. The van der Waals surface area contributed by atoms with Crippen molar-refractivity contribution in [3.8, 4) is 11.3 Å². The second kappa shape index (κ2) is 8.73. The minimum Gasteiger partial charge on any atom is -0.346 e. The molecular weight excluding hydrogens is 400 g/mol. The van der Waals surface area contributed by atoms with Crippen LogP contribution >= 0.6 is 0 Å². The first-order valence-electron chi connectivity index (χ1n) is 9.79. The first-order valence-corrected chi connectivity index (χ1v) is 11.2. The van der Waals surface area contributed by atoms with E-state index in [-0.39, 0.29) is 17.3 Å². The zero-order chi connectivity index (χ0) is 21.0. The fourth-order valence-electron chi connectivity index (χ4n) is 3.39. The molecule has 1 fully saturated rings. The Balaban J connectivity index is 1.41. The fraction of sp³-hybridized carbons (Fsp3) is 0.227. The van der Waals surface area contributed by atoms with Crippen molar-refractivity contribution in [1.82, 2.24) is 19.6 Å². The van der Waals surface area contributed by atoms with Crippen LogP contribution in [0.5, 0.6) is 0 Å². The average molecular weight is 423 g/mol. The van der Waals surface area contributed by atoms with Crippen LogP contribution in [0.4, 0.5) is 0 Å². The number of carbonyl (C=O) groups excluding carboxylic acids is 1. The number of sulfonamides is 1. The Labute approximate surface area is 175 Å². The van der Waals surface area contributed by atoms with Crippen molar-refractivity contribution in [2.75, 3.05) is 13.1 Å². The number of hydrogen-bond acceptors (Lipinski definition) is 5. The van der Waals surface area contributed by atoms with Crippen molar-refractivity contribution >= 4 is 15.9 Å². The Morgan fingerprint density at radius 1 is 0.967 bits per heavy atom. The van der Waals surface area contributed by atoms with Crippen LogP contribution in [0.2, 0.25) is 0 Å². The molecule has 0 bridgehead atoms. The van der Waals surface area contributed by atoms with Crippen molar-refractivity contribution in [1.29, 1.82) is 0 Å². The summed E-state index contributed by atoms with van der Waals surface area (Å²) in [6.07, 6.45) is 3.24. The molecule has 1 aliphatic heterocycles. The number of benzene rings is 2. The summed E-state index contributed by atoms with van der Waals surface area (Å²) in [6.45, 7) is 1.35. The molecule has 1 aromatic heterocycles. The Morgan fingerprint density at radius 3 is 2.37 bits per heavy atom. The van der Waals surface area contributed by atoms with Crippen LogP contribution in [0, 0.1) is 0 Å². The molecular formula is C22H22N4O3S. The molecule has 1 amide bonds. The van der Waals surface area contributed by atoms with Gasteiger partial charge < -0.3 is 5.32 Å². The van der Waals surface area contributed by atoms with E-state index in [2.05, 4.69) is 15.3 Å². The minimum atomic E-state index is -3.48. The maximum absolute atomic E-state index is 12.6. The van der Waals surface area contributed by atoms with Gasteiger partial charge in [0.05, 0.1) is 22.8 Å². The topological polar surface area (TPSA) is 92.3 Å². The van der Waals surface area contributed by atoms with Gasteiger partial charge >= 0.3 is 0 Å². The third kappa shape index (κ3) is 4.39. The summed E-state index contributed by atoms with van der Waals surface area (Å²) in [5.74, 6) is -0.292. The van der Waals surface area contributed by atoms with Crippen molar-refractivity contribution in [3.63, 3.8) is 0 Å². The second-order valence-electron chi connectivity index (χ2n) is 7.08. The molecule has 4 rings (SSSR count). The van der Waals surface area contributed by atoms with E-state index in [1.54, 1.807) is 0 Å². The maximum atomic E-state index is 12.6. The molecule has 3 aromatic rings. The van der Waals surface area contributed by atoms with Crippen LogP contribution in [0.25, 0.3) is 11.3 Å². The zero-order valence-electron chi connectivity index (χ0n) is 16.4. The van der Waals surface area contributed by atoms with Gasteiger partial charge in [-0.1, -0.05) is 30.3 Å². The molecule has 1 N–H and O–H groups in total. The number of aromatic nitrogens is 2. The molecule has 1 aliphatic rings. The second-order valence-corrected chi connectivity index (χ2v) is 9.02. The lowest BCUT2D eigenvalue weighted by molar-refractivity contribution is 0.0950. The molecule has 1 saturated heterocycles. The monoisotopic (exact) mass is 422 g/mol. The molecule has 8 heteroatoms. The van der Waals surface area contributed by atoms with E-state index in [0.717, 1.165) is 24.1 Å². The van der Waals surface area contributed by atoms with Crippen molar-refractivity contribution < 1.29 is 13.2 Å². The number of hydrogen-bond donors (Lipinski definition) is 1. The van der Waals surface area contributed by atoms with Crippen LogP contribution < -0.4 is 5.32 Å². The predicted octanol–water partition coefficient (Wildman–Crippen LogP) is 2.86. The van der Waals surface area contributed by atoms with Crippen LogP contribution in [0.15, 0.2) is 71.9 Å². The van der Waals surface area contributed by atoms with Crippen molar-refractivity contribution in [3.05, 3.63) is 78.2 Å². The molecule has 0 atom stereocenters. The highest BCUT2D eigenvalue weighted by molar-refractivity contribution is 7.89. The highest BCUT2D eigenvalue weighted by Crippen LogP contribution is 2.21. The SMILES string of the molecule is O=C(NCc1cc(-c2ccccc2)ncn1)c1ccc(S(=O)(=O)N2CCCC2)cc1. The zero-order valence-corrected chi connectivity index (χ0v) is 17.2. The summed E-state index contributed by atoms with van der Waals surface area (Å²) in [5.41, 5.74) is 2.84. The molecule has 2 heterocycles. The van der Waals surface area contributed by atoms with Crippen molar-refractivity contribution in [2.45, 2.75) is 24.3 Å². The Kier molecular flexibility index (Phi) is 5.87. The molecule has 30 heavy (non-hydrogen) atoms. The number of nitrogens with one attached hydrogen (secondary N) is 1. The van der Waals surface area contributed by atoms with E-state index < -0.39 is 10.0 Å². The maximum Gasteiger partial charge on any atom is 0.251 e. The van der Waals surface area contributed by atoms with Gasteiger partial charge in [-0.15, -0.1) is 0 Å². The van der Waals surface area contributed by atoms with Gasteiger partial charge in [-0.25, -0.2) is 18.4 Å². The summed E-state index contributed by atoms with van der Waals surface area (Å²) in [6, 6.07) is 17.6. The molecule has 0 saturated carbocycles. The van der Waals surface area contributed by atoms with Gasteiger partial charge in [0.1, 0.15) is 6.33 Å². The highest BCUT2D eigenvalue weighted by atomic mass is 32.2. The minimum absolute atomic E-state index is 0.212. The van der Waals surface area contributed by atoms with Gasteiger partial charge in [-0.3, -0.25) is 4.79 Å². The molecule has 0 unspecified atom stereocenters. The van der Waals surface area contributed by atoms with E-state index in [0.29, 0.717) is 24.3 Å². The van der Waals surface area contributed by atoms with Gasteiger partial charge in [-0.05, 0) is 43.2 Å². The highest BCUT2D eigenvalue weighted by Gasteiger charge is 2.27. The van der Waals surface area contributed by atoms with E-state index >= 15 is 0 Å². The summed E-state index contributed by atoms with van der Waals surface area (Å²) in [5, 5.41) is 2.82. The lowest BCUT2D eigenvalue weighted by Crippen LogP contribution is -2.28. The summed E-state index contributed by atoms with van der Waals surface area (Å²) in [7, 11) is -3.48. The normalized spacial score (nSPS) is 14.5. The third-order valence-corrected chi connectivity index (χ3v) is 6.96. The number of carbonyl (C=O) groups is 1. The predicted molar refractivity (Wildman–Crippen MR) is 113 cm³/mol. The van der Waals surface area contributed by atoms with Gasteiger partial charge in [-0.2, -0.15) is 4.31 Å². The van der Waals surface area contributed by atoms with Crippen LogP contribution in [0.1, 0.15) is 28.9 Å². The Hall–Kier alpha value is -3.10. The molecule has 0 spiro atoms. The Bertz CT molecular complexity index is 1130. The van der Waals surface area contributed by atoms with Gasteiger partial charge in [0.2, 0.25) is 10.0 Å². The van der Waals surface area contributed by atoms with Crippen LogP contribution in [-0.2, 0) is 16.6 Å². The van der Waals surface area contributed by atoms with Gasteiger partial charge in [0.25, 0.3) is 5.91 Å². The third-order valence-electron chi connectivity index (χ3n) is 5.04. The number of nitrogens with zero attached hydrogens (tertiary/aromatic N) is 3. The lowest BCUT2D eigenvalue weighted by Gasteiger charge is -2.15. The van der Waals surface area contributed by atoms with Crippen LogP contribution in [-0.4, -0.2) is 41.7 Å². The number of rotatable bonds is 6. The molecule has 2 aromatic carbocycles. The molecule has 154 valence electrons. The van der Waals surface area contributed by atoms with Gasteiger partial charge in [0.15, 0.2) is 0 Å². The molecule has 0 radical (unpaired) electrons. The molecule has 0 aliphatic carbocycles. The quantitative estimate of drug-likeness (QED) is 0.659. The van der Waals surface area contributed by atoms with Crippen molar-refractivity contribution in [2.24, 2.45) is 0 Å². The summed E-state index contributed by atoms with van der Waals surface area (Å²) >= 11 is 0. The summed E-state index contributed by atoms with van der Waals surface area (Å²) in [4.78, 5) is 21.2. The number of amides is 1. The Morgan fingerprint density at radius 2 is 1.67 bits per heavy atom. The first-order chi connectivity index (χ1) is 14.5. The fourth-order valence-corrected chi connectivity index (χ4v) is 4.91. The average Bonchev–Trinajstić information content (AvgIpc) is 3.34. The van der Waals surface area contributed by atoms with E-state index in [4.69, 9.17) is 0 Å². The van der Waals surface area contributed by atoms with E-state index in [9.17, 15) is 13.2 Å².